The molecule has 1 unspecified atom stereocenters. The molecular weight excluding hydrogens is 450 g/mol. The van der Waals surface area contributed by atoms with Crippen LogP contribution in [0.4, 0.5) is 0 Å². The van der Waals surface area contributed by atoms with Crippen molar-refractivity contribution in [3.8, 4) is 0 Å². The molecule has 1 aliphatic rings. The van der Waals surface area contributed by atoms with E-state index in [4.69, 9.17) is 4.98 Å². The quantitative estimate of drug-likeness (QED) is 0.392. The zero-order valence-electron chi connectivity index (χ0n) is 16.3. The Morgan fingerprint density at radius 1 is 1.28 bits per heavy atom. The maximum atomic E-state index is 13.4. The summed E-state index contributed by atoms with van der Waals surface area (Å²) in [7, 11) is 1.85. The largest absolute Gasteiger partial charge is 0.342 e. The van der Waals surface area contributed by atoms with E-state index in [2.05, 4.69) is 15.9 Å². The van der Waals surface area contributed by atoms with Crippen molar-refractivity contribution in [2.24, 2.45) is 0 Å². The van der Waals surface area contributed by atoms with Gasteiger partial charge < -0.3 is 4.90 Å². The zero-order valence-corrected chi connectivity index (χ0v) is 18.7. The highest BCUT2D eigenvalue weighted by Gasteiger charge is 2.29. The highest BCUT2D eigenvalue weighted by Crippen LogP contribution is 2.28. The van der Waals surface area contributed by atoms with E-state index in [1.54, 1.807) is 10.6 Å². The average molecular weight is 472 g/mol. The number of halogens is 1. The second kappa shape index (κ2) is 8.32. The molecule has 1 heterocycles. The summed E-state index contributed by atoms with van der Waals surface area (Å²) in [6.07, 6.45) is 2.15. The Balaban J connectivity index is 1.75. The number of nitrogens with zero attached hydrogens (tertiary/aromatic N) is 3. The van der Waals surface area contributed by atoms with Crippen LogP contribution in [0.5, 0.6) is 0 Å². The number of amides is 1. The number of hydrogen-bond donors (Lipinski definition) is 0. The number of carbonyl (C=O) groups excluding carboxylic acids is 1. The summed E-state index contributed by atoms with van der Waals surface area (Å²) >= 11 is 4.78. The molecule has 1 saturated carbocycles. The maximum absolute atomic E-state index is 13.4. The van der Waals surface area contributed by atoms with Crippen molar-refractivity contribution in [3.63, 3.8) is 0 Å². The minimum Gasteiger partial charge on any atom is -0.342 e. The first-order valence-electron chi connectivity index (χ1n) is 9.61. The van der Waals surface area contributed by atoms with Crippen LogP contribution in [0.25, 0.3) is 10.9 Å². The van der Waals surface area contributed by atoms with E-state index in [1.807, 2.05) is 61.3 Å². The molecule has 0 spiro atoms. The molecule has 5 nitrogen and oxygen atoms in total. The molecule has 7 heteroatoms. The van der Waals surface area contributed by atoms with Crippen LogP contribution < -0.4 is 5.56 Å². The Morgan fingerprint density at radius 2 is 2.00 bits per heavy atom. The number of thioether (sulfide) groups is 1. The van der Waals surface area contributed by atoms with E-state index in [0.717, 1.165) is 22.9 Å². The third-order valence-electron chi connectivity index (χ3n) is 5.31. The highest BCUT2D eigenvalue weighted by molar-refractivity contribution is 9.10. The van der Waals surface area contributed by atoms with Gasteiger partial charge in [-0.05, 0) is 43.5 Å². The summed E-state index contributed by atoms with van der Waals surface area (Å²) < 4.78 is 2.54. The van der Waals surface area contributed by atoms with Gasteiger partial charge in [-0.1, -0.05) is 58.0 Å². The monoisotopic (exact) mass is 471 g/mol. The smallest absolute Gasteiger partial charge is 0.262 e. The molecular formula is C22H22BrN3O2S. The van der Waals surface area contributed by atoms with E-state index in [9.17, 15) is 9.59 Å². The van der Waals surface area contributed by atoms with Gasteiger partial charge in [-0.15, -0.1) is 0 Å². The molecule has 4 rings (SSSR count). The van der Waals surface area contributed by atoms with Crippen LogP contribution in [0, 0.1) is 0 Å². The summed E-state index contributed by atoms with van der Waals surface area (Å²) in [5.74, 6) is 0.338. The fourth-order valence-corrected chi connectivity index (χ4v) is 4.73. The van der Waals surface area contributed by atoms with Crippen molar-refractivity contribution in [1.82, 2.24) is 14.5 Å². The third kappa shape index (κ3) is 4.26. The van der Waals surface area contributed by atoms with Crippen molar-refractivity contribution < 1.29 is 4.79 Å². The number of aromatic nitrogens is 2. The second-order valence-electron chi connectivity index (χ2n) is 7.34. The van der Waals surface area contributed by atoms with Crippen molar-refractivity contribution in [2.45, 2.75) is 37.0 Å². The van der Waals surface area contributed by atoms with Crippen LogP contribution >= 0.6 is 27.7 Å². The predicted octanol–water partition coefficient (Wildman–Crippen LogP) is 4.48. The molecule has 0 bridgehead atoms. The molecule has 1 aliphatic carbocycles. The predicted molar refractivity (Wildman–Crippen MR) is 120 cm³/mol. The first kappa shape index (κ1) is 20.2. The Bertz CT molecular complexity index is 1110. The van der Waals surface area contributed by atoms with E-state index < -0.39 is 0 Å². The van der Waals surface area contributed by atoms with Gasteiger partial charge in [0.15, 0.2) is 5.16 Å². The zero-order chi connectivity index (χ0) is 20.5. The van der Waals surface area contributed by atoms with Crippen molar-refractivity contribution >= 4 is 44.5 Å². The molecule has 0 radical (unpaired) electrons. The minimum atomic E-state index is -0.196. The Hall–Kier alpha value is -2.12. The van der Waals surface area contributed by atoms with Crippen molar-refractivity contribution in [2.75, 3.05) is 12.8 Å². The van der Waals surface area contributed by atoms with Gasteiger partial charge in [0.1, 0.15) is 0 Å². The van der Waals surface area contributed by atoms with E-state index in [-0.39, 0.29) is 23.3 Å². The number of fused-ring (bicyclic) bond motifs is 1. The summed E-state index contributed by atoms with van der Waals surface area (Å²) in [5, 5.41) is 1.13. The molecule has 150 valence electrons. The molecule has 1 atom stereocenters. The summed E-state index contributed by atoms with van der Waals surface area (Å²) in [5.41, 5.74) is 1.56. The SMILES string of the molecule is CC(c1ccccc1)n1c(SCC(=O)N(C)C2CC2)nc2ccc(Br)cc2c1=O. The molecule has 0 saturated heterocycles. The normalized spacial score (nSPS) is 14.7. The first-order valence-corrected chi connectivity index (χ1v) is 11.4. The van der Waals surface area contributed by atoms with E-state index in [1.165, 1.54) is 11.8 Å². The number of carbonyl (C=O) groups is 1. The standard InChI is InChI=1S/C22H22BrN3O2S/c1-14(15-6-4-3-5-7-15)26-21(28)18-12-16(23)8-11-19(18)24-22(26)29-13-20(27)25(2)17-9-10-17/h3-8,11-12,14,17H,9-10,13H2,1-2H3. The fourth-order valence-electron chi connectivity index (χ4n) is 3.37. The van der Waals surface area contributed by atoms with Gasteiger partial charge in [0.05, 0.1) is 22.7 Å². The van der Waals surface area contributed by atoms with Gasteiger partial charge in [0.25, 0.3) is 5.56 Å². The first-order chi connectivity index (χ1) is 14.0. The average Bonchev–Trinajstić information content (AvgIpc) is 3.57. The van der Waals surface area contributed by atoms with Crippen LogP contribution in [-0.4, -0.2) is 39.2 Å². The van der Waals surface area contributed by atoms with Crippen LogP contribution in [0.1, 0.15) is 31.4 Å². The maximum Gasteiger partial charge on any atom is 0.262 e. The summed E-state index contributed by atoms with van der Waals surface area (Å²) in [6, 6.07) is 15.6. The lowest BCUT2D eigenvalue weighted by Gasteiger charge is -2.21. The van der Waals surface area contributed by atoms with Gasteiger partial charge in [-0.25, -0.2) is 4.98 Å². The lowest BCUT2D eigenvalue weighted by atomic mass is 10.1. The van der Waals surface area contributed by atoms with E-state index in [0.29, 0.717) is 22.1 Å². The molecule has 3 aromatic rings. The fraction of sp³-hybridized carbons (Fsp3) is 0.318. The summed E-state index contributed by atoms with van der Waals surface area (Å²) in [4.78, 5) is 32.5. The Morgan fingerprint density at radius 3 is 2.69 bits per heavy atom. The van der Waals surface area contributed by atoms with E-state index >= 15 is 0 Å². The lowest BCUT2D eigenvalue weighted by Crippen LogP contribution is -2.31. The van der Waals surface area contributed by atoms with Crippen LogP contribution in [0.3, 0.4) is 0 Å². The molecule has 2 aromatic carbocycles. The van der Waals surface area contributed by atoms with Crippen LogP contribution in [0.15, 0.2) is 63.0 Å². The molecule has 29 heavy (non-hydrogen) atoms. The Labute approximate surface area is 182 Å². The molecule has 1 aromatic heterocycles. The number of rotatable bonds is 6. The molecule has 0 N–H and O–H groups in total. The Kier molecular flexibility index (Phi) is 5.79. The van der Waals surface area contributed by atoms with Crippen LogP contribution in [-0.2, 0) is 4.79 Å². The summed E-state index contributed by atoms with van der Waals surface area (Å²) in [6.45, 7) is 1.99. The molecule has 0 aliphatic heterocycles. The van der Waals surface area contributed by atoms with Gasteiger partial charge in [-0.3, -0.25) is 14.2 Å². The molecule has 1 fully saturated rings. The van der Waals surface area contributed by atoms with Gasteiger partial charge in [-0.2, -0.15) is 0 Å². The second-order valence-corrected chi connectivity index (χ2v) is 9.20. The van der Waals surface area contributed by atoms with Crippen molar-refractivity contribution in [1.29, 1.82) is 0 Å². The number of hydrogen-bond acceptors (Lipinski definition) is 4. The lowest BCUT2D eigenvalue weighted by molar-refractivity contribution is -0.127. The van der Waals surface area contributed by atoms with Gasteiger partial charge in [0, 0.05) is 17.6 Å². The minimum absolute atomic E-state index is 0.0709. The van der Waals surface area contributed by atoms with Crippen molar-refractivity contribution in [3.05, 3.63) is 68.9 Å². The third-order valence-corrected chi connectivity index (χ3v) is 6.74. The highest BCUT2D eigenvalue weighted by atomic mass is 79.9. The van der Waals surface area contributed by atoms with Gasteiger partial charge in [0.2, 0.25) is 5.91 Å². The molecule has 1 amide bonds. The topological polar surface area (TPSA) is 55.2 Å². The van der Waals surface area contributed by atoms with Crippen LogP contribution in [0.2, 0.25) is 0 Å². The number of benzene rings is 2. The van der Waals surface area contributed by atoms with Gasteiger partial charge >= 0.3 is 0 Å².